The van der Waals surface area contributed by atoms with Crippen LogP contribution in [0.5, 0.6) is 0 Å². The molecule has 0 spiro atoms. The third kappa shape index (κ3) is 2.22. The quantitative estimate of drug-likeness (QED) is 0.500. The van der Waals surface area contributed by atoms with Gasteiger partial charge < -0.3 is 11.5 Å². The first-order valence-corrected chi connectivity index (χ1v) is 3.08. The van der Waals surface area contributed by atoms with E-state index >= 15 is 0 Å². The fourth-order valence-corrected chi connectivity index (χ4v) is 0.457. The van der Waals surface area contributed by atoms with Crippen LogP contribution in [0.25, 0.3) is 0 Å². The van der Waals surface area contributed by atoms with Gasteiger partial charge in [-0.25, -0.2) is 4.79 Å². The molecular formula is C6H10N3O3. The SMILES string of the molecule is C[C](C(N)=O)C(=O)N(C)C(N)=O. The lowest BCUT2D eigenvalue weighted by atomic mass is 10.1. The zero-order valence-electron chi connectivity index (χ0n) is 6.83. The van der Waals surface area contributed by atoms with E-state index in [0.29, 0.717) is 4.90 Å². The molecule has 1 radical (unpaired) electrons. The van der Waals surface area contributed by atoms with Crippen molar-refractivity contribution >= 4 is 17.8 Å². The van der Waals surface area contributed by atoms with Crippen LogP contribution in [-0.4, -0.2) is 29.8 Å². The lowest BCUT2D eigenvalue weighted by molar-refractivity contribution is -0.129. The molecule has 0 unspecified atom stereocenters. The minimum Gasteiger partial charge on any atom is -0.369 e. The fourth-order valence-electron chi connectivity index (χ4n) is 0.457. The van der Waals surface area contributed by atoms with Crippen LogP contribution in [0.4, 0.5) is 4.79 Å². The zero-order chi connectivity index (χ0) is 9.89. The number of rotatable bonds is 2. The Labute approximate surface area is 69.5 Å². The molecule has 12 heavy (non-hydrogen) atoms. The van der Waals surface area contributed by atoms with E-state index in [1.807, 2.05) is 0 Å². The smallest absolute Gasteiger partial charge is 0.321 e. The number of urea groups is 1. The van der Waals surface area contributed by atoms with Gasteiger partial charge in [0.25, 0.3) is 0 Å². The topological polar surface area (TPSA) is 106 Å². The van der Waals surface area contributed by atoms with Gasteiger partial charge in [-0.2, -0.15) is 0 Å². The maximum absolute atomic E-state index is 11.0. The molecule has 4 N–H and O–H groups in total. The third-order valence-electron chi connectivity index (χ3n) is 1.33. The van der Waals surface area contributed by atoms with E-state index in [-0.39, 0.29) is 5.92 Å². The first-order chi connectivity index (χ1) is 5.37. The Hall–Kier alpha value is -1.59. The average Bonchev–Trinajstić information content (AvgIpc) is 2.00. The summed E-state index contributed by atoms with van der Waals surface area (Å²) in [4.78, 5) is 32.5. The Morgan fingerprint density at radius 1 is 1.17 bits per heavy atom. The van der Waals surface area contributed by atoms with Crippen molar-refractivity contribution in [3.63, 3.8) is 0 Å². The van der Waals surface area contributed by atoms with Crippen LogP contribution in [0.1, 0.15) is 6.92 Å². The van der Waals surface area contributed by atoms with Crippen molar-refractivity contribution in [3.8, 4) is 0 Å². The largest absolute Gasteiger partial charge is 0.369 e. The molecule has 0 saturated heterocycles. The number of carbonyl (C=O) groups excluding carboxylic acids is 3. The summed E-state index contributed by atoms with van der Waals surface area (Å²) in [6.07, 6.45) is 0. The van der Waals surface area contributed by atoms with E-state index in [4.69, 9.17) is 11.5 Å². The Morgan fingerprint density at radius 2 is 1.58 bits per heavy atom. The van der Waals surface area contributed by atoms with Gasteiger partial charge in [0.1, 0.15) is 5.92 Å². The fraction of sp³-hybridized carbons (Fsp3) is 0.333. The minimum atomic E-state index is -0.930. The van der Waals surface area contributed by atoms with Crippen LogP contribution >= 0.6 is 0 Å². The van der Waals surface area contributed by atoms with Crippen LogP contribution < -0.4 is 11.5 Å². The second-order valence-electron chi connectivity index (χ2n) is 2.19. The molecule has 6 nitrogen and oxygen atoms in total. The lowest BCUT2D eigenvalue weighted by Crippen LogP contribution is -2.42. The predicted octanol–water partition coefficient (Wildman–Crippen LogP) is -1.40. The Balaban J connectivity index is 4.39. The standard InChI is InChI=1S/C6H10N3O3/c1-3(4(7)10)5(11)9(2)6(8)12/h1-2H3,(H2,7,10)(H2,8,12). The highest BCUT2D eigenvalue weighted by atomic mass is 16.2. The number of hydrogen-bond donors (Lipinski definition) is 2. The van der Waals surface area contributed by atoms with Gasteiger partial charge in [0.05, 0.1) is 0 Å². The van der Waals surface area contributed by atoms with E-state index in [1.54, 1.807) is 0 Å². The molecule has 0 bridgehead atoms. The molecule has 0 rings (SSSR count). The second-order valence-corrected chi connectivity index (χ2v) is 2.19. The molecule has 0 aliphatic carbocycles. The Bertz CT molecular complexity index is 204. The normalized spacial score (nSPS) is 9.58. The number of nitrogens with zero attached hydrogens (tertiary/aromatic N) is 1. The number of amides is 4. The highest BCUT2D eigenvalue weighted by molar-refractivity contribution is 6.16. The summed E-state index contributed by atoms with van der Waals surface area (Å²) in [7, 11) is 1.16. The number of hydrogen-bond acceptors (Lipinski definition) is 3. The molecule has 0 aromatic carbocycles. The van der Waals surface area contributed by atoms with Crippen molar-refractivity contribution in [2.75, 3.05) is 7.05 Å². The van der Waals surface area contributed by atoms with Crippen molar-refractivity contribution in [2.24, 2.45) is 11.5 Å². The first-order valence-electron chi connectivity index (χ1n) is 3.08. The van der Waals surface area contributed by atoms with Crippen LogP contribution in [-0.2, 0) is 9.59 Å². The summed E-state index contributed by atoms with van der Waals surface area (Å²) in [5.74, 6) is -1.88. The summed E-state index contributed by atoms with van der Waals surface area (Å²) >= 11 is 0. The molecule has 6 heteroatoms. The predicted molar refractivity (Wildman–Crippen MR) is 40.5 cm³/mol. The van der Waals surface area contributed by atoms with Crippen LogP contribution in [0.2, 0.25) is 0 Å². The van der Waals surface area contributed by atoms with Gasteiger partial charge in [-0.1, -0.05) is 0 Å². The van der Waals surface area contributed by atoms with Crippen LogP contribution in [0.15, 0.2) is 0 Å². The third-order valence-corrected chi connectivity index (χ3v) is 1.33. The minimum absolute atomic E-state index is 0.226. The molecular weight excluding hydrogens is 162 g/mol. The van der Waals surface area contributed by atoms with Gasteiger partial charge in [-0.05, 0) is 6.92 Å². The molecule has 0 atom stereocenters. The molecule has 0 aliphatic rings. The zero-order valence-corrected chi connectivity index (χ0v) is 6.83. The summed E-state index contributed by atoms with van der Waals surface area (Å²) in [5.41, 5.74) is 9.57. The maximum atomic E-state index is 11.0. The molecule has 0 saturated carbocycles. The summed E-state index contributed by atoms with van der Waals surface area (Å²) < 4.78 is 0. The summed E-state index contributed by atoms with van der Waals surface area (Å²) in [6, 6.07) is -0.930. The van der Waals surface area contributed by atoms with E-state index in [2.05, 4.69) is 0 Å². The van der Waals surface area contributed by atoms with Crippen molar-refractivity contribution in [1.29, 1.82) is 0 Å². The molecule has 67 valence electrons. The Kier molecular flexibility index (Phi) is 3.21. The maximum Gasteiger partial charge on any atom is 0.321 e. The molecule has 0 aromatic rings. The van der Waals surface area contributed by atoms with Crippen LogP contribution in [0.3, 0.4) is 0 Å². The molecule has 0 aromatic heterocycles. The van der Waals surface area contributed by atoms with E-state index in [1.165, 1.54) is 6.92 Å². The molecule has 4 amide bonds. The molecule has 0 aliphatic heterocycles. The van der Waals surface area contributed by atoms with Crippen molar-refractivity contribution in [3.05, 3.63) is 5.92 Å². The molecule has 0 fully saturated rings. The highest BCUT2D eigenvalue weighted by Gasteiger charge is 2.25. The highest BCUT2D eigenvalue weighted by Crippen LogP contribution is 2.01. The first kappa shape index (κ1) is 10.4. The van der Waals surface area contributed by atoms with Gasteiger partial charge in [-0.3, -0.25) is 14.5 Å². The van der Waals surface area contributed by atoms with Crippen molar-refractivity contribution in [1.82, 2.24) is 4.90 Å². The van der Waals surface area contributed by atoms with Crippen molar-refractivity contribution in [2.45, 2.75) is 6.92 Å². The van der Waals surface area contributed by atoms with E-state index in [0.717, 1.165) is 7.05 Å². The summed E-state index contributed by atoms with van der Waals surface area (Å²) in [6.45, 7) is 1.23. The second kappa shape index (κ2) is 3.70. The average molecular weight is 172 g/mol. The number of imide groups is 1. The van der Waals surface area contributed by atoms with Gasteiger partial charge in [0.2, 0.25) is 11.8 Å². The van der Waals surface area contributed by atoms with Crippen LogP contribution in [0, 0.1) is 5.92 Å². The van der Waals surface area contributed by atoms with Gasteiger partial charge in [-0.15, -0.1) is 0 Å². The van der Waals surface area contributed by atoms with Crippen molar-refractivity contribution < 1.29 is 14.4 Å². The van der Waals surface area contributed by atoms with E-state index in [9.17, 15) is 14.4 Å². The monoisotopic (exact) mass is 172 g/mol. The number of nitrogens with two attached hydrogens (primary N) is 2. The summed E-state index contributed by atoms with van der Waals surface area (Å²) in [5, 5.41) is 0. The van der Waals surface area contributed by atoms with Gasteiger partial charge in [0.15, 0.2) is 0 Å². The number of carbonyl (C=O) groups is 3. The molecule has 0 heterocycles. The van der Waals surface area contributed by atoms with Gasteiger partial charge >= 0.3 is 6.03 Å². The van der Waals surface area contributed by atoms with Gasteiger partial charge in [0, 0.05) is 7.05 Å². The number of primary amides is 2. The Morgan fingerprint density at radius 3 is 1.83 bits per heavy atom. The van der Waals surface area contributed by atoms with E-state index < -0.39 is 17.8 Å². The lowest BCUT2D eigenvalue weighted by Gasteiger charge is -2.14.